The van der Waals surface area contributed by atoms with Gasteiger partial charge in [0.2, 0.25) is 0 Å². The normalized spacial score (nSPS) is 25.3. The first-order chi connectivity index (χ1) is 7.46. The molecule has 96 valence electrons. The highest BCUT2D eigenvalue weighted by Gasteiger charge is 2.30. The smallest absolute Gasteiger partial charge is 0.0105 e. The van der Waals surface area contributed by atoms with E-state index in [9.17, 15) is 0 Å². The van der Waals surface area contributed by atoms with E-state index in [0.29, 0.717) is 11.5 Å². The summed E-state index contributed by atoms with van der Waals surface area (Å²) in [6.45, 7) is 16.5. The lowest BCUT2D eigenvalue weighted by Crippen LogP contribution is -2.48. The van der Waals surface area contributed by atoms with Crippen molar-refractivity contribution in [2.75, 3.05) is 26.2 Å². The minimum atomic E-state index is 0.518. The molecule has 0 aliphatic carbocycles. The Morgan fingerprint density at radius 3 is 2.56 bits per heavy atom. The van der Waals surface area contributed by atoms with Crippen LogP contribution in [0.2, 0.25) is 0 Å². The number of rotatable bonds is 5. The predicted octanol–water partition coefficient (Wildman–Crippen LogP) is 2.74. The predicted molar refractivity (Wildman–Crippen MR) is 71.8 cm³/mol. The summed E-state index contributed by atoms with van der Waals surface area (Å²) >= 11 is 0. The van der Waals surface area contributed by atoms with E-state index in [4.69, 9.17) is 0 Å². The van der Waals surface area contributed by atoms with Gasteiger partial charge < -0.3 is 5.32 Å². The van der Waals surface area contributed by atoms with Gasteiger partial charge in [-0.25, -0.2) is 0 Å². The molecule has 2 nitrogen and oxygen atoms in total. The second-order valence-electron chi connectivity index (χ2n) is 6.26. The average Bonchev–Trinajstić information content (AvgIpc) is 2.23. The Kier molecular flexibility index (Phi) is 5.26. The van der Waals surface area contributed by atoms with Gasteiger partial charge in [0.1, 0.15) is 0 Å². The maximum Gasteiger partial charge on any atom is 0.0105 e. The average molecular weight is 226 g/mol. The van der Waals surface area contributed by atoms with E-state index in [1.54, 1.807) is 0 Å². The molecule has 0 saturated carbocycles. The molecule has 2 unspecified atom stereocenters. The topological polar surface area (TPSA) is 15.3 Å². The van der Waals surface area contributed by atoms with Crippen LogP contribution in [-0.2, 0) is 0 Å². The van der Waals surface area contributed by atoms with Crippen LogP contribution in [0.3, 0.4) is 0 Å². The first-order valence-corrected chi connectivity index (χ1v) is 6.91. The number of hydrogen-bond donors (Lipinski definition) is 1. The molecule has 0 amide bonds. The summed E-state index contributed by atoms with van der Waals surface area (Å²) in [7, 11) is 0. The van der Waals surface area contributed by atoms with Crippen molar-refractivity contribution in [3.8, 4) is 0 Å². The zero-order valence-electron chi connectivity index (χ0n) is 11.8. The summed E-state index contributed by atoms with van der Waals surface area (Å²) in [4.78, 5) is 2.69. The Labute approximate surface area is 102 Å². The van der Waals surface area contributed by atoms with E-state index in [-0.39, 0.29) is 0 Å². The van der Waals surface area contributed by atoms with Crippen LogP contribution in [0.15, 0.2) is 0 Å². The highest BCUT2D eigenvalue weighted by Crippen LogP contribution is 2.30. The van der Waals surface area contributed by atoms with Crippen molar-refractivity contribution in [3.63, 3.8) is 0 Å². The Bertz CT molecular complexity index is 201. The van der Waals surface area contributed by atoms with Gasteiger partial charge in [-0.15, -0.1) is 0 Å². The Balaban J connectivity index is 2.43. The molecule has 1 aliphatic rings. The van der Waals surface area contributed by atoms with E-state index in [0.717, 1.165) is 19.0 Å². The third-order valence-corrected chi connectivity index (χ3v) is 4.05. The van der Waals surface area contributed by atoms with Crippen LogP contribution >= 0.6 is 0 Å². The lowest BCUT2D eigenvalue weighted by atomic mass is 9.83. The van der Waals surface area contributed by atoms with Crippen molar-refractivity contribution in [2.45, 2.75) is 53.5 Å². The molecule has 0 aromatic heterocycles. The number of nitrogens with one attached hydrogen (secondary N) is 1. The monoisotopic (exact) mass is 226 g/mol. The molecule has 1 aliphatic heterocycles. The van der Waals surface area contributed by atoms with E-state index in [1.165, 1.54) is 25.9 Å². The van der Waals surface area contributed by atoms with Crippen LogP contribution < -0.4 is 5.32 Å². The maximum absolute atomic E-state index is 3.46. The third-order valence-electron chi connectivity index (χ3n) is 4.05. The fourth-order valence-corrected chi connectivity index (χ4v) is 2.72. The highest BCUT2D eigenvalue weighted by atomic mass is 15.2. The van der Waals surface area contributed by atoms with Gasteiger partial charge in [-0.3, -0.25) is 4.90 Å². The van der Waals surface area contributed by atoms with Crippen molar-refractivity contribution in [3.05, 3.63) is 0 Å². The molecule has 0 bridgehead atoms. The number of hydrogen-bond acceptors (Lipinski definition) is 2. The lowest BCUT2D eigenvalue weighted by Gasteiger charge is -2.43. The van der Waals surface area contributed by atoms with Gasteiger partial charge >= 0.3 is 0 Å². The molecule has 16 heavy (non-hydrogen) atoms. The molecule has 0 radical (unpaired) electrons. The SMILES string of the molecule is CCNCC(C)C(C)N1CCCC(C)(C)C1. The molecule has 2 atom stereocenters. The van der Waals surface area contributed by atoms with Crippen molar-refractivity contribution in [1.29, 1.82) is 0 Å². The van der Waals surface area contributed by atoms with Crippen LogP contribution in [0.1, 0.15) is 47.5 Å². The minimum Gasteiger partial charge on any atom is -0.317 e. The summed E-state index contributed by atoms with van der Waals surface area (Å²) in [5, 5.41) is 3.46. The van der Waals surface area contributed by atoms with E-state index >= 15 is 0 Å². The van der Waals surface area contributed by atoms with E-state index in [1.807, 2.05) is 0 Å². The number of piperidine rings is 1. The van der Waals surface area contributed by atoms with E-state index in [2.05, 4.69) is 44.8 Å². The summed E-state index contributed by atoms with van der Waals surface area (Å²) in [5.41, 5.74) is 0.518. The Morgan fingerprint density at radius 2 is 2.00 bits per heavy atom. The largest absolute Gasteiger partial charge is 0.317 e. The summed E-state index contributed by atoms with van der Waals surface area (Å²) in [6.07, 6.45) is 2.75. The molecule has 0 aromatic rings. The van der Waals surface area contributed by atoms with Crippen molar-refractivity contribution in [2.24, 2.45) is 11.3 Å². The molecular formula is C14H30N2. The van der Waals surface area contributed by atoms with Crippen LogP contribution in [0.5, 0.6) is 0 Å². The zero-order valence-corrected chi connectivity index (χ0v) is 11.8. The zero-order chi connectivity index (χ0) is 12.2. The van der Waals surface area contributed by atoms with Gasteiger partial charge in [0, 0.05) is 12.6 Å². The van der Waals surface area contributed by atoms with Gasteiger partial charge in [0.15, 0.2) is 0 Å². The maximum atomic E-state index is 3.46. The van der Waals surface area contributed by atoms with Gasteiger partial charge in [-0.05, 0) is 50.7 Å². The van der Waals surface area contributed by atoms with Crippen molar-refractivity contribution < 1.29 is 0 Å². The molecule has 1 heterocycles. The highest BCUT2D eigenvalue weighted by molar-refractivity contribution is 4.84. The number of nitrogens with zero attached hydrogens (tertiary/aromatic N) is 1. The lowest BCUT2D eigenvalue weighted by molar-refractivity contribution is 0.0630. The Hall–Kier alpha value is -0.0800. The first-order valence-electron chi connectivity index (χ1n) is 6.91. The molecule has 1 saturated heterocycles. The summed E-state index contributed by atoms with van der Waals surface area (Å²) < 4.78 is 0. The van der Waals surface area contributed by atoms with Crippen LogP contribution in [0.25, 0.3) is 0 Å². The third kappa shape index (κ3) is 4.06. The van der Waals surface area contributed by atoms with Crippen molar-refractivity contribution in [1.82, 2.24) is 10.2 Å². The molecule has 1 N–H and O–H groups in total. The minimum absolute atomic E-state index is 0.518. The van der Waals surface area contributed by atoms with E-state index < -0.39 is 0 Å². The van der Waals surface area contributed by atoms with Crippen molar-refractivity contribution >= 4 is 0 Å². The molecule has 1 rings (SSSR count). The quantitative estimate of drug-likeness (QED) is 0.775. The molecule has 1 fully saturated rings. The van der Waals surface area contributed by atoms with Gasteiger partial charge in [0.05, 0.1) is 0 Å². The Morgan fingerprint density at radius 1 is 1.31 bits per heavy atom. The number of likely N-dealkylation sites (tertiary alicyclic amines) is 1. The summed E-state index contributed by atoms with van der Waals surface area (Å²) in [6, 6.07) is 0.707. The fourth-order valence-electron chi connectivity index (χ4n) is 2.72. The fraction of sp³-hybridized carbons (Fsp3) is 1.00. The van der Waals surface area contributed by atoms with Crippen LogP contribution in [0, 0.1) is 11.3 Å². The van der Waals surface area contributed by atoms with Gasteiger partial charge in [0.25, 0.3) is 0 Å². The van der Waals surface area contributed by atoms with Crippen LogP contribution in [-0.4, -0.2) is 37.1 Å². The molecular weight excluding hydrogens is 196 g/mol. The molecule has 0 aromatic carbocycles. The standard InChI is InChI=1S/C14H30N2/c1-6-15-10-12(2)13(3)16-9-7-8-14(4,5)11-16/h12-13,15H,6-11H2,1-5H3. The molecule has 2 heteroatoms. The van der Waals surface area contributed by atoms with Gasteiger partial charge in [-0.1, -0.05) is 27.7 Å². The van der Waals surface area contributed by atoms with Gasteiger partial charge in [-0.2, -0.15) is 0 Å². The van der Waals surface area contributed by atoms with Crippen LogP contribution in [0.4, 0.5) is 0 Å². The first kappa shape index (κ1) is 14.0. The summed E-state index contributed by atoms with van der Waals surface area (Å²) in [5.74, 6) is 0.744. The second kappa shape index (κ2) is 6.02. The second-order valence-corrected chi connectivity index (χ2v) is 6.26. The molecule has 0 spiro atoms.